The molecule has 1 atom stereocenters. The molecule has 1 N–H and O–H groups in total. The Morgan fingerprint density at radius 3 is 2.35 bits per heavy atom. The molecule has 31 heavy (non-hydrogen) atoms. The summed E-state index contributed by atoms with van der Waals surface area (Å²) in [5, 5.41) is 0.325. The number of hydrogen-bond donors (Lipinski definition) is 1. The summed E-state index contributed by atoms with van der Waals surface area (Å²) in [7, 11) is -4.01. The van der Waals surface area contributed by atoms with E-state index in [1.54, 1.807) is 4.90 Å². The minimum atomic E-state index is -4.01. The van der Waals surface area contributed by atoms with Crippen molar-refractivity contribution >= 4 is 39.1 Å². The molecule has 0 aliphatic carbocycles. The zero-order valence-corrected chi connectivity index (χ0v) is 20.1. The van der Waals surface area contributed by atoms with E-state index in [1.807, 2.05) is 32.0 Å². The van der Waals surface area contributed by atoms with Crippen LogP contribution in [0.25, 0.3) is 0 Å². The number of amides is 1. The molecule has 2 aromatic rings. The number of benzene rings is 2. The number of nitrogens with zero attached hydrogens (tertiary/aromatic N) is 1. The summed E-state index contributed by atoms with van der Waals surface area (Å²) in [5.74, 6) is 0.100. The first-order chi connectivity index (χ1) is 14.7. The maximum absolute atomic E-state index is 13.2. The van der Waals surface area contributed by atoms with Crippen molar-refractivity contribution in [1.82, 2.24) is 9.62 Å². The van der Waals surface area contributed by atoms with Crippen molar-refractivity contribution in [1.29, 1.82) is 0 Å². The Morgan fingerprint density at radius 1 is 1.10 bits per heavy atom. The molecule has 1 saturated heterocycles. The van der Waals surface area contributed by atoms with Crippen LogP contribution in [0.5, 0.6) is 0 Å². The number of carbonyl (C=O) groups is 1. The standard InChI is InChI=1S/C23H28Cl2N2O3S/c1-16(2)22(26-31(29,30)21-15-19(24)8-9-20(21)25)23(28)27-12-10-18(11-13-27)14-17-6-4-3-5-7-17/h3-9,15-16,18,22,26H,10-14H2,1-2H3. The highest BCUT2D eigenvalue weighted by atomic mass is 35.5. The van der Waals surface area contributed by atoms with Crippen LogP contribution in [0, 0.1) is 11.8 Å². The topological polar surface area (TPSA) is 66.5 Å². The molecule has 168 valence electrons. The summed E-state index contributed by atoms with van der Waals surface area (Å²) in [5.41, 5.74) is 1.30. The van der Waals surface area contributed by atoms with E-state index >= 15 is 0 Å². The van der Waals surface area contributed by atoms with Gasteiger partial charge in [-0.3, -0.25) is 4.79 Å². The van der Waals surface area contributed by atoms with Gasteiger partial charge in [-0.2, -0.15) is 4.72 Å². The van der Waals surface area contributed by atoms with Crippen LogP contribution in [0.15, 0.2) is 53.4 Å². The van der Waals surface area contributed by atoms with E-state index in [9.17, 15) is 13.2 Å². The van der Waals surface area contributed by atoms with Gasteiger partial charge < -0.3 is 4.90 Å². The molecule has 1 amide bonds. The number of piperidine rings is 1. The lowest BCUT2D eigenvalue weighted by Gasteiger charge is -2.35. The summed E-state index contributed by atoms with van der Waals surface area (Å²) in [4.78, 5) is 14.9. The van der Waals surface area contributed by atoms with E-state index in [1.165, 1.54) is 23.8 Å². The van der Waals surface area contributed by atoms with Crippen LogP contribution in [-0.4, -0.2) is 38.4 Å². The maximum atomic E-state index is 13.2. The third kappa shape index (κ3) is 6.22. The van der Waals surface area contributed by atoms with Crippen LogP contribution < -0.4 is 4.72 Å². The maximum Gasteiger partial charge on any atom is 0.242 e. The highest BCUT2D eigenvalue weighted by Crippen LogP contribution is 2.27. The molecule has 0 saturated carbocycles. The van der Waals surface area contributed by atoms with Crippen molar-refractivity contribution in [3.05, 3.63) is 64.1 Å². The van der Waals surface area contributed by atoms with E-state index in [0.29, 0.717) is 19.0 Å². The second kappa shape index (κ2) is 10.3. The molecule has 1 heterocycles. The Morgan fingerprint density at radius 2 is 1.74 bits per heavy atom. The smallest absolute Gasteiger partial charge is 0.242 e. The molecule has 0 spiro atoms. The molecule has 5 nitrogen and oxygen atoms in total. The first kappa shape index (κ1) is 24.1. The van der Waals surface area contributed by atoms with Crippen molar-refractivity contribution in [3.8, 4) is 0 Å². The van der Waals surface area contributed by atoms with Gasteiger partial charge in [-0.15, -0.1) is 0 Å². The summed E-state index contributed by atoms with van der Waals surface area (Å²) < 4.78 is 28.4. The summed E-state index contributed by atoms with van der Waals surface area (Å²) in [6.07, 6.45) is 2.80. The van der Waals surface area contributed by atoms with Crippen molar-refractivity contribution in [2.24, 2.45) is 11.8 Å². The van der Waals surface area contributed by atoms with E-state index in [-0.39, 0.29) is 26.8 Å². The molecule has 0 aromatic heterocycles. The lowest BCUT2D eigenvalue weighted by Crippen LogP contribution is -2.53. The Hall–Kier alpha value is -1.60. The number of rotatable bonds is 7. The van der Waals surface area contributed by atoms with Crippen LogP contribution in [0.2, 0.25) is 10.0 Å². The largest absolute Gasteiger partial charge is 0.341 e. The lowest BCUT2D eigenvalue weighted by molar-refractivity contribution is -0.135. The van der Waals surface area contributed by atoms with Crippen LogP contribution in [-0.2, 0) is 21.2 Å². The molecule has 0 bridgehead atoms. The first-order valence-electron chi connectivity index (χ1n) is 10.5. The van der Waals surface area contributed by atoms with Crippen molar-refractivity contribution in [2.45, 2.75) is 44.0 Å². The molecule has 0 radical (unpaired) electrons. The van der Waals surface area contributed by atoms with Gasteiger partial charge in [0.1, 0.15) is 10.9 Å². The highest BCUT2D eigenvalue weighted by molar-refractivity contribution is 7.89. The molecule has 1 unspecified atom stereocenters. The normalized spacial score (nSPS) is 16.5. The predicted molar refractivity (Wildman–Crippen MR) is 125 cm³/mol. The second-order valence-corrected chi connectivity index (χ2v) is 10.9. The fourth-order valence-electron chi connectivity index (χ4n) is 3.89. The van der Waals surface area contributed by atoms with Gasteiger partial charge in [0.25, 0.3) is 0 Å². The molecular formula is C23H28Cl2N2O3S. The fourth-order valence-corrected chi connectivity index (χ4v) is 5.99. The SMILES string of the molecule is CC(C)C(NS(=O)(=O)c1cc(Cl)ccc1Cl)C(=O)N1CCC(Cc2ccccc2)CC1. The summed E-state index contributed by atoms with van der Waals surface area (Å²) in [6, 6.07) is 13.7. The van der Waals surface area contributed by atoms with E-state index in [2.05, 4.69) is 16.9 Å². The summed E-state index contributed by atoms with van der Waals surface area (Å²) >= 11 is 12.0. The van der Waals surface area contributed by atoms with Gasteiger partial charge in [-0.1, -0.05) is 67.4 Å². The van der Waals surface area contributed by atoms with Crippen LogP contribution in [0.3, 0.4) is 0 Å². The van der Waals surface area contributed by atoms with Gasteiger partial charge >= 0.3 is 0 Å². The van der Waals surface area contributed by atoms with Crippen LogP contribution >= 0.6 is 23.2 Å². The van der Waals surface area contributed by atoms with Gasteiger partial charge in [-0.05, 0) is 54.9 Å². The zero-order chi connectivity index (χ0) is 22.6. The number of sulfonamides is 1. The minimum absolute atomic E-state index is 0.0635. The van der Waals surface area contributed by atoms with Crippen molar-refractivity contribution in [3.63, 3.8) is 0 Å². The number of halogens is 2. The van der Waals surface area contributed by atoms with Crippen molar-refractivity contribution < 1.29 is 13.2 Å². The molecular weight excluding hydrogens is 455 g/mol. The van der Waals surface area contributed by atoms with Gasteiger partial charge in [-0.25, -0.2) is 8.42 Å². The Kier molecular flexibility index (Phi) is 8.03. The van der Waals surface area contributed by atoms with Crippen LogP contribution in [0.4, 0.5) is 0 Å². The molecule has 1 aliphatic rings. The molecule has 1 aliphatic heterocycles. The average molecular weight is 483 g/mol. The predicted octanol–water partition coefficient (Wildman–Crippen LogP) is 4.78. The van der Waals surface area contributed by atoms with Crippen molar-refractivity contribution in [2.75, 3.05) is 13.1 Å². The Balaban J connectivity index is 1.66. The van der Waals surface area contributed by atoms with Gasteiger partial charge in [0.05, 0.1) is 5.02 Å². The minimum Gasteiger partial charge on any atom is -0.341 e. The Bertz CT molecular complexity index is 1000. The number of nitrogens with one attached hydrogen (secondary N) is 1. The third-order valence-electron chi connectivity index (χ3n) is 5.69. The first-order valence-corrected chi connectivity index (χ1v) is 12.7. The second-order valence-electron chi connectivity index (χ2n) is 8.38. The molecule has 8 heteroatoms. The number of hydrogen-bond acceptors (Lipinski definition) is 3. The Labute approximate surface area is 194 Å². The lowest BCUT2D eigenvalue weighted by atomic mass is 9.89. The van der Waals surface area contributed by atoms with E-state index in [0.717, 1.165) is 19.3 Å². The van der Waals surface area contributed by atoms with Gasteiger partial charge in [0, 0.05) is 18.1 Å². The van der Waals surface area contributed by atoms with E-state index in [4.69, 9.17) is 23.2 Å². The number of likely N-dealkylation sites (tertiary alicyclic amines) is 1. The molecule has 2 aromatic carbocycles. The van der Waals surface area contributed by atoms with Gasteiger partial charge in [0.2, 0.25) is 15.9 Å². The summed E-state index contributed by atoms with van der Waals surface area (Å²) in [6.45, 7) is 4.90. The fraction of sp³-hybridized carbons (Fsp3) is 0.435. The highest BCUT2D eigenvalue weighted by Gasteiger charge is 2.34. The van der Waals surface area contributed by atoms with E-state index < -0.39 is 16.1 Å². The monoisotopic (exact) mass is 482 g/mol. The number of carbonyl (C=O) groups excluding carboxylic acids is 1. The average Bonchev–Trinajstić information content (AvgIpc) is 2.74. The molecule has 1 fully saturated rings. The quantitative estimate of drug-likeness (QED) is 0.617. The molecule has 3 rings (SSSR count). The zero-order valence-electron chi connectivity index (χ0n) is 17.7. The van der Waals surface area contributed by atoms with Crippen LogP contribution in [0.1, 0.15) is 32.3 Å². The van der Waals surface area contributed by atoms with Gasteiger partial charge in [0.15, 0.2) is 0 Å². The third-order valence-corrected chi connectivity index (χ3v) is 7.85.